The molecule has 0 aliphatic heterocycles. The van der Waals surface area contributed by atoms with Gasteiger partial charge < -0.3 is 0 Å². The smallest absolute Gasteiger partial charge is 0.266 e. The first kappa shape index (κ1) is 11.9. The van der Waals surface area contributed by atoms with Crippen LogP contribution in [0, 0.1) is 5.92 Å². The molecular weight excluding hydrogens is 208 g/mol. The van der Waals surface area contributed by atoms with Crippen LogP contribution in [0.1, 0.15) is 36.9 Å². The number of hydrogen-bond donors (Lipinski definition) is 1. The van der Waals surface area contributed by atoms with Gasteiger partial charge in [0.15, 0.2) is 0 Å². The first-order valence-electron chi connectivity index (χ1n) is 4.96. The molecule has 0 saturated heterocycles. The zero-order chi connectivity index (χ0) is 11.3. The predicted octanol–water partition coefficient (Wildman–Crippen LogP) is 2.90. The van der Waals surface area contributed by atoms with Crippen LogP contribution in [0.25, 0.3) is 0 Å². The summed E-state index contributed by atoms with van der Waals surface area (Å²) in [5, 5.41) is 5.92. The lowest BCUT2D eigenvalue weighted by molar-refractivity contribution is 0.0958. The molecule has 0 aliphatic carbocycles. The van der Waals surface area contributed by atoms with Crippen molar-refractivity contribution in [2.75, 3.05) is 0 Å². The Morgan fingerprint density at radius 3 is 2.87 bits per heavy atom. The third-order valence-electron chi connectivity index (χ3n) is 1.80. The van der Waals surface area contributed by atoms with Gasteiger partial charge in [0.25, 0.3) is 5.91 Å². The number of carbonyl (C=O) groups is 1. The topological polar surface area (TPSA) is 41.5 Å². The Balaban J connectivity index is 2.46. The third-order valence-corrected chi connectivity index (χ3v) is 2.67. The van der Waals surface area contributed by atoms with Crippen LogP contribution in [0.2, 0.25) is 0 Å². The van der Waals surface area contributed by atoms with Crippen LogP contribution < -0.4 is 5.43 Å². The highest BCUT2D eigenvalue weighted by Crippen LogP contribution is 2.07. The predicted molar refractivity (Wildman–Crippen MR) is 64.3 cm³/mol. The molecule has 0 unspecified atom stereocenters. The Morgan fingerprint density at radius 1 is 1.60 bits per heavy atom. The molecule has 3 nitrogen and oxygen atoms in total. The number of rotatable bonds is 4. The summed E-state index contributed by atoms with van der Waals surface area (Å²) in [5.74, 6) is 0.431. The second-order valence-corrected chi connectivity index (χ2v) is 4.81. The van der Waals surface area contributed by atoms with E-state index < -0.39 is 0 Å². The second kappa shape index (κ2) is 5.66. The largest absolute Gasteiger partial charge is 0.281 e. The van der Waals surface area contributed by atoms with Gasteiger partial charge in [-0.25, -0.2) is 5.43 Å². The molecule has 0 spiro atoms. The molecular formula is C11H16N2OS. The van der Waals surface area contributed by atoms with E-state index in [1.165, 1.54) is 11.3 Å². The van der Waals surface area contributed by atoms with Crippen LogP contribution in [0.3, 0.4) is 0 Å². The molecule has 0 aliphatic rings. The van der Waals surface area contributed by atoms with E-state index in [9.17, 15) is 4.79 Å². The van der Waals surface area contributed by atoms with Crippen molar-refractivity contribution in [3.63, 3.8) is 0 Å². The van der Waals surface area contributed by atoms with Gasteiger partial charge in [-0.3, -0.25) is 4.79 Å². The molecule has 0 saturated carbocycles. The Bertz CT molecular complexity index is 341. The van der Waals surface area contributed by atoms with Crippen molar-refractivity contribution >= 4 is 23.0 Å². The summed E-state index contributed by atoms with van der Waals surface area (Å²) >= 11 is 1.42. The maximum absolute atomic E-state index is 11.5. The Hall–Kier alpha value is -1.16. The molecule has 1 rings (SSSR count). The van der Waals surface area contributed by atoms with Crippen molar-refractivity contribution in [2.24, 2.45) is 11.0 Å². The minimum atomic E-state index is -0.131. The maximum Gasteiger partial charge on any atom is 0.281 e. The van der Waals surface area contributed by atoms with Crippen LogP contribution >= 0.6 is 11.3 Å². The summed E-state index contributed by atoms with van der Waals surface area (Å²) in [5.41, 5.74) is 3.50. The van der Waals surface area contributed by atoms with E-state index in [1.54, 1.807) is 6.07 Å². The number of hydrazone groups is 1. The van der Waals surface area contributed by atoms with Gasteiger partial charge in [0, 0.05) is 5.71 Å². The molecule has 0 aromatic carbocycles. The van der Waals surface area contributed by atoms with Crippen LogP contribution in [-0.2, 0) is 0 Å². The number of thiophene rings is 1. The minimum Gasteiger partial charge on any atom is -0.266 e. The molecule has 1 aromatic heterocycles. The van der Waals surface area contributed by atoms with Gasteiger partial charge >= 0.3 is 0 Å². The lowest BCUT2D eigenvalue weighted by atomic mass is 10.1. The van der Waals surface area contributed by atoms with Crippen LogP contribution in [0.5, 0.6) is 0 Å². The minimum absolute atomic E-state index is 0.131. The van der Waals surface area contributed by atoms with Crippen molar-refractivity contribution in [1.29, 1.82) is 0 Å². The first-order valence-corrected chi connectivity index (χ1v) is 5.84. The van der Waals surface area contributed by atoms with Crippen molar-refractivity contribution in [1.82, 2.24) is 5.43 Å². The zero-order valence-electron chi connectivity index (χ0n) is 9.28. The van der Waals surface area contributed by atoms with Gasteiger partial charge in [0.1, 0.15) is 0 Å². The SMILES string of the molecule is C/C(CC(C)C)=N\NC(=O)c1cccs1. The highest BCUT2D eigenvalue weighted by atomic mass is 32.1. The van der Waals surface area contributed by atoms with E-state index >= 15 is 0 Å². The number of nitrogens with one attached hydrogen (secondary N) is 1. The van der Waals surface area contributed by atoms with Gasteiger partial charge in [-0.15, -0.1) is 11.3 Å². The molecule has 4 heteroatoms. The maximum atomic E-state index is 11.5. The summed E-state index contributed by atoms with van der Waals surface area (Å²) < 4.78 is 0. The summed E-state index contributed by atoms with van der Waals surface area (Å²) in [7, 11) is 0. The Morgan fingerprint density at radius 2 is 2.33 bits per heavy atom. The molecule has 0 atom stereocenters. The van der Waals surface area contributed by atoms with E-state index in [0.717, 1.165) is 12.1 Å². The number of hydrogen-bond acceptors (Lipinski definition) is 3. The number of amides is 1. The Kier molecular flexibility index (Phi) is 4.49. The van der Waals surface area contributed by atoms with E-state index in [0.29, 0.717) is 10.8 Å². The molecule has 1 heterocycles. The van der Waals surface area contributed by atoms with Gasteiger partial charge in [0.2, 0.25) is 0 Å². The zero-order valence-corrected chi connectivity index (χ0v) is 10.1. The van der Waals surface area contributed by atoms with Crippen LogP contribution in [0.15, 0.2) is 22.6 Å². The van der Waals surface area contributed by atoms with Crippen molar-refractivity contribution in [3.8, 4) is 0 Å². The summed E-state index contributed by atoms with van der Waals surface area (Å²) in [6, 6.07) is 3.64. The lowest BCUT2D eigenvalue weighted by Gasteiger charge is -2.03. The van der Waals surface area contributed by atoms with E-state index in [2.05, 4.69) is 24.4 Å². The third kappa shape index (κ3) is 4.25. The Labute approximate surface area is 94.2 Å². The molecule has 0 bridgehead atoms. The lowest BCUT2D eigenvalue weighted by Crippen LogP contribution is -2.18. The number of carbonyl (C=O) groups excluding carboxylic acids is 1. The first-order chi connectivity index (χ1) is 7.09. The van der Waals surface area contributed by atoms with Crippen molar-refractivity contribution < 1.29 is 4.79 Å². The van der Waals surface area contributed by atoms with Crippen molar-refractivity contribution in [3.05, 3.63) is 22.4 Å². The molecule has 1 amide bonds. The van der Waals surface area contributed by atoms with Gasteiger partial charge in [-0.05, 0) is 30.7 Å². The van der Waals surface area contributed by atoms with Gasteiger partial charge in [-0.1, -0.05) is 19.9 Å². The average molecular weight is 224 g/mol. The summed E-state index contributed by atoms with van der Waals surface area (Å²) in [6.07, 6.45) is 0.907. The monoisotopic (exact) mass is 224 g/mol. The molecule has 1 N–H and O–H groups in total. The van der Waals surface area contributed by atoms with Crippen LogP contribution in [0.4, 0.5) is 0 Å². The van der Waals surface area contributed by atoms with Gasteiger partial charge in [-0.2, -0.15) is 5.10 Å². The van der Waals surface area contributed by atoms with Crippen molar-refractivity contribution in [2.45, 2.75) is 27.2 Å². The molecule has 1 aromatic rings. The number of nitrogens with zero attached hydrogens (tertiary/aromatic N) is 1. The molecule has 15 heavy (non-hydrogen) atoms. The fourth-order valence-corrected chi connectivity index (χ4v) is 1.86. The molecule has 82 valence electrons. The van der Waals surface area contributed by atoms with Gasteiger partial charge in [0.05, 0.1) is 4.88 Å². The van der Waals surface area contributed by atoms with Crippen LogP contribution in [-0.4, -0.2) is 11.6 Å². The highest BCUT2D eigenvalue weighted by Gasteiger charge is 2.04. The standard InChI is InChI=1S/C11H16N2OS/c1-8(2)7-9(3)12-13-11(14)10-5-4-6-15-10/h4-6,8H,7H2,1-3H3,(H,13,14)/b12-9+. The fraction of sp³-hybridized carbons (Fsp3) is 0.455. The average Bonchev–Trinajstić information content (AvgIpc) is 2.65. The molecule has 0 fully saturated rings. The summed E-state index contributed by atoms with van der Waals surface area (Å²) in [6.45, 7) is 6.18. The molecule has 0 radical (unpaired) electrons. The highest BCUT2D eigenvalue weighted by molar-refractivity contribution is 7.12. The van der Waals surface area contributed by atoms with E-state index in [4.69, 9.17) is 0 Å². The fourth-order valence-electron chi connectivity index (χ4n) is 1.25. The normalized spacial score (nSPS) is 11.9. The van der Waals surface area contributed by atoms with E-state index in [1.807, 2.05) is 18.4 Å². The summed E-state index contributed by atoms with van der Waals surface area (Å²) in [4.78, 5) is 12.2. The van der Waals surface area contributed by atoms with E-state index in [-0.39, 0.29) is 5.91 Å². The quantitative estimate of drug-likeness (QED) is 0.620. The second-order valence-electron chi connectivity index (χ2n) is 3.86.